The van der Waals surface area contributed by atoms with Crippen molar-refractivity contribution in [1.29, 1.82) is 0 Å². The van der Waals surface area contributed by atoms with Gasteiger partial charge in [0.2, 0.25) is 0 Å². The van der Waals surface area contributed by atoms with Gasteiger partial charge in [0.15, 0.2) is 11.5 Å². The molecule has 6 heteroatoms. The Bertz CT molecular complexity index is 1050. The number of anilines is 1. The third kappa shape index (κ3) is 2.34. The fourth-order valence-electron chi connectivity index (χ4n) is 4.11. The summed E-state index contributed by atoms with van der Waals surface area (Å²) in [6.45, 7) is 1.88. The monoisotopic (exact) mass is 374 g/mol. The summed E-state index contributed by atoms with van der Waals surface area (Å²) >= 11 is 0. The van der Waals surface area contributed by atoms with Crippen molar-refractivity contribution in [3.63, 3.8) is 0 Å². The van der Waals surface area contributed by atoms with Crippen LogP contribution in [-0.2, 0) is 0 Å². The zero-order valence-corrected chi connectivity index (χ0v) is 15.2. The molecule has 0 spiro atoms. The number of hydrogen-bond acceptors (Lipinski definition) is 4. The Morgan fingerprint density at radius 3 is 2.54 bits per heavy atom. The molecule has 1 saturated heterocycles. The van der Waals surface area contributed by atoms with Crippen molar-refractivity contribution in [2.75, 3.05) is 4.90 Å². The van der Waals surface area contributed by atoms with Crippen LogP contribution in [0.15, 0.2) is 77.4 Å². The van der Waals surface area contributed by atoms with Crippen LogP contribution in [-0.4, -0.2) is 22.6 Å². The molecule has 3 amide bonds. The summed E-state index contributed by atoms with van der Waals surface area (Å²) in [5.41, 5.74) is 0.586. The van der Waals surface area contributed by atoms with Crippen molar-refractivity contribution in [2.45, 2.75) is 25.1 Å². The van der Waals surface area contributed by atoms with E-state index in [0.717, 1.165) is 5.56 Å². The molecule has 0 N–H and O–H groups in total. The first-order valence-corrected chi connectivity index (χ1v) is 9.13. The molecule has 0 saturated carbocycles. The number of fused-ring (bicyclic) bond motifs is 4. The standard InChI is InChI=1S/C22H18N2O4/c1-22-14-17(16-10-5-6-11-18(16)28-22)23(20(25)19-12-7-13-27-19)21(26)24(22)15-8-3-2-4-9-15/h2-13,17H,14H2,1H3/t17-,22-/m1/s1. The molecule has 0 aliphatic carbocycles. The van der Waals surface area contributed by atoms with Crippen LogP contribution in [0.4, 0.5) is 10.5 Å². The minimum Gasteiger partial charge on any atom is -0.467 e. The maximum absolute atomic E-state index is 13.6. The fraction of sp³-hybridized carbons (Fsp3) is 0.182. The van der Waals surface area contributed by atoms with E-state index in [2.05, 4.69) is 0 Å². The second kappa shape index (κ2) is 5.99. The van der Waals surface area contributed by atoms with Crippen molar-refractivity contribution in [3.8, 4) is 5.75 Å². The highest BCUT2D eigenvalue weighted by molar-refractivity contribution is 6.09. The van der Waals surface area contributed by atoms with E-state index in [4.69, 9.17) is 9.15 Å². The van der Waals surface area contributed by atoms with Gasteiger partial charge in [-0.15, -0.1) is 0 Å². The van der Waals surface area contributed by atoms with Gasteiger partial charge >= 0.3 is 6.03 Å². The summed E-state index contributed by atoms with van der Waals surface area (Å²) in [4.78, 5) is 29.6. The number of para-hydroxylation sites is 2. The minimum absolute atomic E-state index is 0.133. The number of ether oxygens (including phenoxy) is 1. The van der Waals surface area contributed by atoms with Crippen LogP contribution in [0.3, 0.4) is 0 Å². The summed E-state index contributed by atoms with van der Waals surface area (Å²) < 4.78 is 11.6. The number of amides is 3. The van der Waals surface area contributed by atoms with Crippen LogP contribution < -0.4 is 9.64 Å². The number of urea groups is 1. The molecule has 0 radical (unpaired) electrons. The molecule has 2 aliphatic rings. The summed E-state index contributed by atoms with van der Waals surface area (Å²) in [5, 5.41) is 0. The minimum atomic E-state index is -0.905. The Balaban J connectivity index is 1.69. The number of furan rings is 1. The van der Waals surface area contributed by atoms with E-state index in [1.807, 2.05) is 61.5 Å². The highest BCUT2D eigenvalue weighted by Crippen LogP contribution is 2.49. The van der Waals surface area contributed by atoms with E-state index in [1.165, 1.54) is 11.2 Å². The normalized spacial score (nSPS) is 23.2. The van der Waals surface area contributed by atoms with E-state index in [-0.39, 0.29) is 5.76 Å². The van der Waals surface area contributed by atoms with Crippen molar-refractivity contribution in [1.82, 2.24) is 4.90 Å². The molecule has 1 fully saturated rings. The summed E-state index contributed by atoms with van der Waals surface area (Å²) in [7, 11) is 0. The van der Waals surface area contributed by atoms with Crippen LogP contribution in [0.5, 0.6) is 5.75 Å². The first-order chi connectivity index (χ1) is 13.6. The molecule has 5 rings (SSSR count). The second-order valence-electron chi connectivity index (χ2n) is 7.14. The molecule has 1 aromatic heterocycles. The Labute approximate surface area is 161 Å². The third-order valence-electron chi connectivity index (χ3n) is 5.33. The first-order valence-electron chi connectivity index (χ1n) is 9.13. The van der Waals surface area contributed by atoms with Gasteiger partial charge in [-0.1, -0.05) is 36.4 Å². The topological polar surface area (TPSA) is 63.0 Å². The molecular weight excluding hydrogens is 356 g/mol. The number of benzene rings is 2. The lowest BCUT2D eigenvalue weighted by Gasteiger charge is -2.53. The lowest BCUT2D eigenvalue weighted by molar-refractivity contribution is 0.00174. The van der Waals surface area contributed by atoms with Crippen molar-refractivity contribution >= 4 is 17.6 Å². The van der Waals surface area contributed by atoms with E-state index < -0.39 is 23.7 Å². The first kappa shape index (κ1) is 16.6. The Hall–Kier alpha value is -3.54. The van der Waals surface area contributed by atoms with Gasteiger partial charge in [0.05, 0.1) is 12.3 Å². The number of carbonyl (C=O) groups is 2. The molecule has 0 unspecified atom stereocenters. The van der Waals surface area contributed by atoms with Crippen LogP contribution in [0, 0.1) is 0 Å². The third-order valence-corrected chi connectivity index (χ3v) is 5.33. The fourth-order valence-corrected chi connectivity index (χ4v) is 4.11. The highest BCUT2D eigenvalue weighted by Gasteiger charge is 2.55. The molecule has 3 heterocycles. The predicted octanol–water partition coefficient (Wildman–Crippen LogP) is 4.60. The van der Waals surface area contributed by atoms with Gasteiger partial charge in [0.25, 0.3) is 5.91 Å². The average molecular weight is 374 g/mol. The summed E-state index contributed by atoms with van der Waals surface area (Å²) in [6, 6.07) is 19.1. The second-order valence-corrected chi connectivity index (χ2v) is 7.14. The molecule has 3 aromatic rings. The van der Waals surface area contributed by atoms with Gasteiger partial charge in [0.1, 0.15) is 5.75 Å². The van der Waals surface area contributed by atoms with Gasteiger partial charge in [-0.2, -0.15) is 0 Å². The number of rotatable bonds is 2. The van der Waals surface area contributed by atoms with Crippen LogP contribution in [0.2, 0.25) is 0 Å². The SMILES string of the molecule is C[C@]12C[C@H](c3ccccc3O1)N(C(=O)c1ccco1)C(=O)N2c1ccccc1. The van der Waals surface area contributed by atoms with Crippen LogP contribution >= 0.6 is 0 Å². The highest BCUT2D eigenvalue weighted by atomic mass is 16.5. The molecule has 2 bridgehead atoms. The molecule has 2 atom stereocenters. The quantitative estimate of drug-likeness (QED) is 0.658. The van der Waals surface area contributed by atoms with Crippen molar-refractivity contribution in [3.05, 3.63) is 84.3 Å². The van der Waals surface area contributed by atoms with Crippen LogP contribution in [0.1, 0.15) is 35.5 Å². The number of carbonyl (C=O) groups excluding carboxylic acids is 2. The molecule has 2 aromatic carbocycles. The maximum Gasteiger partial charge on any atom is 0.335 e. The van der Waals surface area contributed by atoms with E-state index in [9.17, 15) is 9.59 Å². The van der Waals surface area contributed by atoms with Gasteiger partial charge in [-0.3, -0.25) is 9.69 Å². The van der Waals surface area contributed by atoms with Crippen molar-refractivity contribution < 1.29 is 18.7 Å². The predicted molar refractivity (Wildman–Crippen MR) is 102 cm³/mol. The van der Waals surface area contributed by atoms with Crippen LogP contribution in [0.25, 0.3) is 0 Å². The summed E-state index contributed by atoms with van der Waals surface area (Å²) in [5.74, 6) is 0.348. The summed E-state index contributed by atoms with van der Waals surface area (Å²) in [6.07, 6.45) is 1.88. The van der Waals surface area contributed by atoms with Gasteiger partial charge < -0.3 is 9.15 Å². The van der Waals surface area contributed by atoms with Gasteiger partial charge in [-0.05, 0) is 37.3 Å². The molecule has 28 heavy (non-hydrogen) atoms. The Morgan fingerprint density at radius 1 is 1.04 bits per heavy atom. The number of hydrogen-bond donors (Lipinski definition) is 0. The molecule has 140 valence electrons. The molecule has 2 aliphatic heterocycles. The number of nitrogens with zero attached hydrogens (tertiary/aromatic N) is 2. The smallest absolute Gasteiger partial charge is 0.335 e. The van der Waals surface area contributed by atoms with Gasteiger partial charge in [-0.25, -0.2) is 9.69 Å². The average Bonchev–Trinajstić information content (AvgIpc) is 3.23. The van der Waals surface area contributed by atoms with Crippen molar-refractivity contribution in [2.24, 2.45) is 0 Å². The lowest BCUT2D eigenvalue weighted by Crippen LogP contribution is -2.67. The molecular formula is C22H18N2O4. The largest absolute Gasteiger partial charge is 0.467 e. The van der Waals surface area contributed by atoms with Gasteiger partial charge in [0, 0.05) is 17.7 Å². The zero-order valence-electron chi connectivity index (χ0n) is 15.2. The van der Waals surface area contributed by atoms with E-state index >= 15 is 0 Å². The maximum atomic E-state index is 13.6. The van der Waals surface area contributed by atoms with E-state index in [1.54, 1.807) is 17.0 Å². The molecule has 6 nitrogen and oxygen atoms in total. The number of imide groups is 1. The zero-order chi connectivity index (χ0) is 19.3. The lowest BCUT2D eigenvalue weighted by atomic mass is 9.88. The van der Waals surface area contributed by atoms with E-state index in [0.29, 0.717) is 17.9 Å². The Kier molecular flexibility index (Phi) is 3.55. The Morgan fingerprint density at radius 2 is 1.79 bits per heavy atom.